The third-order valence-corrected chi connectivity index (χ3v) is 2.77. The average Bonchev–Trinajstić information content (AvgIpc) is 1.99. The largest absolute Gasteiger partial charge is 0.123 e. The number of hydrogen-bond donors (Lipinski definition) is 0. The molecule has 0 unspecified atom stereocenters. The minimum Gasteiger partial charge on any atom is -0.123 e. The zero-order valence-corrected chi connectivity index (χ0v) is 7.16. The van der Waals surface area contributed by atoms with E-state index in [0.29, 0.717) is 0 Å². The van der Waals surface area contributed by atoms with E-state index in [0.717, 1.165) is 0 Å². The molecule has 0 bridgehead atoms. The van der Waals surface area contributed by atoms with Gasteiger partial charge in [0.05, 0.1) is 0 Å². The molecule has 0 saturated heterocycles. The molecule has 2 rings (SSSR count). The van der Waals surface area contributed by atoms with Crippen LogP contribution in [0.4, 0.5) is 0 Å². The number of hydrogen-bond acceptors (Lipinski definition) is 0. The van der Waals surface area contributed by atoms with Crippen molar-refractivity contribution in [3.05, 3.63) is 16.9 Å². The van der Waals surface area contributed by atoms with Gasteiger partial charge in [0.15, 0.2) is 0 Å². The van der Waals surface area contributed by atoms with Crippen molar-refractivity contribution < 1.29 is 0 Å². The Bertz CT molecular complexity index is 190. The van der Waals surface area contributed by atoms with Crippen LogP contribution in [0, 0.1) is 0 Å². The van der Waals surface area contributed by atoms with Crippen molar-refractivity contribution in [2.24, 2.45) is 0 Å². The summed E-state index contributed by atoms with van der Waals surface area (Å²) in [6, 6.07) is 0. The van der Waals surface area contributed by atoms with Crippen molar-refractivity contribution in [3.8, 4) is 0 Å². The average molecular weight is 148 g/mol. The van der Waals surface area contributed by atoms with Crippen LogP contribution < -0.4 is 0 Å². The van der Waals surface area contributed by atoms with Crippen LogP contribution in [0.1, 0.15) is 51.4 Å². The molecule has 11 heavy (non-hydrogen) atoms. The predicted octanol–water partition coefficient (Wildman–Crippen LogP) is 3.59. The van der Waals surface area contributed by atoms with Crippen molar-refractivity contribution >= 4 is 0 Å². The predicted molar refractivity (Wildman–Crippen MR) is 47.5 cm³/mol. The second-order valence-corrected chi connectivity index (χ2v) is 3.75. The second kappa shape index (κ2) is 3.28. The maximum atomic E-state index is 3.59. The minimum absolute atomic E-state index is 1.34. The maximum absolute atomic E-state index is 3.59. The summed E-state index contributed by atoms with van der Waals surface area (Å²) in [6.45, 7) is 0. The van der Waals surface area contributed by atoms with E-state index in [-0.39, 0.29) is 0 Å². The smallest absolute Gasteiger partial charge is 0.0241 e. The molecule has 60 valence electrons. The van der Waals surface area contributed by atoms with Gasteiger partial charge in [0.1, 0.15) is 0 Å². The molecule has 0 heteroatoms. The molecular weight excluding hydrogens is 132 g/mol. The van der Waals surface area contributed by atoms with Gasteiger partial charge in [0.2, 0.25) is 0 Å². The molecule has 0 N–H and O–H groups in total. The molecule has 0 atom stereocenters. The minimum atomic E-state index is 1.34. The first-order valence-corrected chi connectivity index (χ1v) is 4.91. The Hall–Kier alpha value is -0.480. The quantitative estimate of drug-likeness (QED) is 0.460. The first-order chi connectivity index (χ1) is 5.45. The number of allylic oxidation sites excluding steroid dienone is 1. The van der Waals surface area contributed by atoms with Crippen LogP contribution >= 0.6 is 0 Å². The summed E-state index contributed by atoms with van der Waals surface area (Å²) in [5, 5.41) is 0. The first-order valence-electron chi connectivity index (χ1n) is 4.91. The molecule has 0 aromatic rings. The van der Waals surface area contributed by atoms with Crippen LogP contribution in [0.2, 0.25) is 0 Å². The zero-order valence-electron chi connectivity index (χ0n) is 7.16. The van der Waals surface area contributed by atoms with Crippen LogP contribution in [-0.4, -0.2) is 0 Å². The normalized spacial score (nSPS) is 24.4. The Morgan fingerprint density at radius 2 is 1.18 bits per heavy atom. The van der Waals surface area contributed by atoms with E-state index in [9.17, 15) is 0 Å². The summed E-state index contributed by atoms with van der Waals surface area (Å²) < 4.78 is 0. The standard InChI is InChI=1S/C11H16/c1-2-5-10(6-3-1)9-11-7-4-8-11/h1-8H2. The van der Waals surface area contributed by atoms with Crippen LogP contribution in [0.25, 0.3) is 0 Å². The summed E-state index contributed by atoms with van der Waals surface area (Å²) in [7, 11) is 0. The van der Waals surface area contributed by atoms with Gasteiger partial charge in [0.25, 0.3) is 0 Å². The lowest BCUT2D eigenvalue weighted by molar-refractivity contribution is 0.595. The Balaban J connectivity index is 2.05. The van der Waals surface area contributed by atoms with Crippen LogP contribution in [-0.2, 0) is 0 Å². The van der Waals surface area contributed by atoms with E-state index in [2.05, 4.69) is 5.73 Å². The fourth-order valence-electron chi connectivity index (χ4n) is 1.83. The molecule has 0 spiro atoms. The van der Waals surface area contributed by atoms with Gasteiger partial charge in [-0.2, -0.15) is 0 Å². The van der Waals surface area contributed by atoms with Gasteiger partial charge in [-0.05, 0) is 56.1 Å². The molecular formula is C11H16. The van der Waals surface area contributed by atoms with E-state index in [1.807, 2.05) is 0 Å². The monoisotopic (exact) mass is 148 g/mol. The van der Waals surface area contributed by atoms with E-state index in [4.69, 9.17) is 0 Å². The van der Waals surface area contributed by atoms with Gasteiger partial charge in [-0.25, -0.2) is 0 Å². The zero-order chi connectivity index (χ0) is 7.52. The summed E-state index contributed by atoms with van der Waals surface area (Å²) in [6.07, 6.45) is 11.0. The maximum Gasteiger partial charge on any atom is -0.0241 e. The van der Waals surface area contributed by atoms with Crippen molar-refractivity contribution in [3.63, 3.8) is 0 Å². The fraction of sp³-hybridized carbons (Fsp3) is 0.727. The highest BCUT2D eigenvalue weighted by Gasteiger charge is 2.09. The first kappa shape index (κ1) is 7.18. The third kappa shape index (κ3) is 1.75. The fourth-order valence-corrected chi connectivity index (χ4v) is 1.83. The van der Waals surface area contributed by atoms with E-state index in [1.54, 1.807) is 11.1 Å². The molecule has 0 heterocycles. The van der Waals surface area contributed by atoms with Gasteiger partial charge in [-0.3, -0.25) is 0 Å². The molecule has 2 fully saturated rings. The molecule has 2 aliphatic rings. The van der Waals surface area contributed by atoms with Gasteiger partial charge in [-0.1, -0.05) is 6.42 Å². The SMILES string of the molecule is C(=C1CCCCC1)=C1CCC1. The highest BCUT2D eigenvalue weighted by atomic mass is 14.1. The summed E-state index contributed by atoms with van der Waals surface area (Å²) in [5.74, 6) is 0. The van der Waals surface area contributed by atoms with Crippen molar-refractivity contribution in [2.45, 2.75) is 51.4 Å². The van der Waals surface area contributed by atoms with Gasteiger partial charge in [0, 0.05) is 0 Å². The lowest BCUT2D eigenvalue weighted by Crippen LogP contribution is -1.97. The number of rotatable bonds is 0. The molecule has 0 radical (unpaired) electrons. The van der Waals surface area contributed by atoms with Crippen molar-refractivity contribution in [1.29, 1.82) is 0 Å². The van der Waals surface area contributed by atoms with Gasteiger partial charge in [-0.15, -0.1) is 5.73 Å². The van der Waals surface area contributed by atoms with E-state index < -0.39 is 0 Å². The molecule has 0 aliphatic heterocycles. The molecule has 0 nitrogen and oxygen atoms in total. The lowest BCUT2D eigenvalue weighted by Gasteiger charge is -2.16. The van der Waals surface area contributed by atoms with Crippen molar-refractivity contribution in [2.75, 3.05) is 0 Å². The van der Waals surface area contributed by atoms with Gasteiger partial charge >= 0.3 is 0 Å². The Morgan fingerprint density at radius 3 is 1.64 bits per heavy atom. The Labute approximate surface area is 69.0 Å². The third-order valence-electron chi connectivity index (χ3n) is 2.77. The topological polar surface area (TPSA) is 0 Å². The molecule has 2 saturated carbocycles. The molecule has 2 aliphatic carbocycles. The summed E-state index contributed by atoms with van der Waals surface area (Å²) in [4.78, 5) is 0. The molecule has 0 amide bonds. The van der Waals surface area contributed by atoms with Crippen LogP contribution in [0.15, 0.2) is 16.9 Å². The highest BCUT2D eigenvalue weighted by Crippen LogP contribution is 2.27. The lowest BCUT2D eigenvalue weighted by atomic mass is 9.89. The van der Waals surface area contributed by atoms with Crippen LogP contribution in [0.5, 0.6) is 0 Å². The Kier molecular flexibility index (Phi) is 2.14. The van der Waals surface area contributed by atoms with E-state index in [1.165, 1.54) is 51.4 Å². The molecule has 0 aromatic heterocycles. The highest BCUT2D eigenvalue weighted by molar-refractivity contribution is 5.15. The molecule has 0 aromatic carbocycles. The second-order valence-electron chi connectivity index (χ2n) is 3.75. The van der Waals surface area contributed by atoms with E-state index >= 15 is 0 Å². The Morgan fingerprint density at radius 1 is 0.636 bits per heavy atom. The summed E-state index contributed by atoms with van der Waals surface area (Å²) in [5.41, 5.74) is 6.80. The van der Waals surface area contributed by atoms with Crippen molar-refractivity contribution in [1.82, 2.24) is 0 Å². The summed E-state index contributed by atoms with van der Waals surface area (Å²) >= 11 is 0. The van der Waals surface area contributed by atoms with Gasteiger partial charge < -0.3 is 0 Å². The van der Waals surface area contributed by atoms with Crippen LogP contribution in [0.3, 0.4) is 0 Å².